The lowest BCUT2D eigenvalue weighted by Crippen LogP contribution is -2.27. The number of amides is 1. The van der Waals surface area contributed by atoms with E-state index in [9.17, 15) is 4.79 Å². The predicted octanol–water partition coefficient (Wildman–Crippen LogP) is 2.78. The van der Waals surface area contributed by atoms with Gasteiger partial charge in [0, 0.05) is 11.9 Å². The summed E-state index contributed by atoms with van der Waals surface area (Å²) in [5.74, 6) is 0.348. The first-order chi connectivity index (χ1) is 11.6. The molecule has 0 aliphatic carbocycles. The van der Waals surface area contributed by atoms with Gasteiger partial charge in [0.2, 0.25) is 11.1 Å². The second kappa shape index (κ2) is 7.59. The largest absolute Gasteiger partial charge is 0.340 e. The average molecular weight is 359 g/mol. The molecule has 0 aliphatic rings. The van der Waals surface area contributed by atoms with Crippen molar-refractivity contribution in [1.29, 1.82) is 0 Å². The van der Waals surface area contributed by atoms with Crippen LogP contribution in [0.4, 0.5) is 0 Å². The lowest BCUT2D eigenvalue weighted by Gasteiger charge is -2.15. The Bertz CT molecular complexity index is 816. The highest BCUT2D eigenvalue weighted by atomic mass is 32.2. The van der Waals surface area contributed by atoms with Gasteiger partial charge < -0.3 is 4.90 Å². The molecule has 24 heavy (non-hydrogen) atoms. The van der Waals surface area contributed by atoms with E-state index in [-0.39, 0.29) is 5.91 Å². The third-order valence-corrected chi connectivity index (χ3v) is 5.18. The maximum Gasteiger partial charge on any atom is 0.233 e. The van der Waals surface area contributed by atoms with Gasteiger partial charge in [-0.15, -0.1) is 16.4 Å². The number of tetrazole rings is 1. The van der Waals surface area contributed by atoms with Gasteiger partial charge in [0.1, 0.15) is 0 Å². The molecule has 0 spiro atoms. The number of thiophene rings is 1. The van der Waals surface area contributed by atoms with E-state index >= 15 is 0 Å². The van der Waals surface area contributed by atoms with E-state index in [0.29, 0.717) is 17.5 Å². The zero-order valence-corrected chi connectivity index (χ0v) is 15.0. The van der Waals surface area contributed by atoms with Crippen molar-refractivity contribution in [2.24, 2.45) is 0 Å². The van der Waals surface area contributed by atoms with Gasteiger partial charge in [-0.05, 0) is 46.5 Å². The van der Waals surface area contributed by atoms with Crippen molar-refractivity contribution in [3.63, 3.8) is 0 Å². The number of aryl methyl sites for hydroxylation is 1. The molecule has 0 N–H and O–H groups in total. The molecule has 0 unspecified atom stereocenters. The van der Waals surface area contributed by atoms with E-state index in [4.69, 9.17) is 0 Å². The summed E-state index contributed by atoms with van der Waals surface area (Å²) < 4.78 is 1.66. The van der Waals surface area contributed by atoms with Crippen LogP contribution in [-0.2, 0) is 11.3 Å². The van der Waals surface area contributed by atoms with Crippen molar-refractivity contribution >= 4 is 29.0 Å². The molecule has 0 saturated heterocycles. The molecular weight excluding hydrogens is 342 g/mol. The molecule has 3 aromatic rings. The molecule has 0 radical (unpaired) electrons. The normalized spacial score (nSPS) is 10.8. The fourth-order valence-electron chi connectivity index (χ4n) is 2.15. The van der Waals surface area contributed by atoms with E-state index < -0.39 is 0 Å². The lowest BCUT2D eigenvalue weighted by atomic mass is 10.2. The fraction of sp³-hybridized carbons (Fsp3) is 0.250. The van der Waals surface area contributed by atoms with Crippen LogP contribution in [-0.4, -0.2) is 43.8 Å². The third kappa shape index (κ3) is 4.01. The molecule has 2 aromatic heterocycles. The van der Waals surface area contributed by atoms with Crippen molar-refractivity contribution in [2.45, 2.75) is 18.6 Å². The first kappa shape index (κ1) is 16.7. The Morgan fingerprint density at radius 1 is 1.33 bits per heavy atom. The number of carbonyl (C=O) groups is 1. The first-order valence-corrected chi connectivity index (χ1v) is 9.24. The van der Waals surface area contributed by atoms with Gasteiger partial charge in [-0.2, -0.15) is 4.68 Å². The number of hydrogen-bond acceptors (Lipinski definition) is 6. The molecule has 0 aliphatic heterocycles. The van der Waals surface area contributed by atoms with Crippen LogP contribution < -0.4 is 0 Å². The second-order valence-corrected chi connectivity index (χ2v) is 7.30. The number of aromatic nitrogens is 4. The minimum atomic E-state index is 0.0483. The summed E-state index contributed by atoms with van der Waals surface area (Å²) in [6.07, 6.45) is 0. The van der Waals surface area contributed by atoms with Crippen LogP contribution in [0.15, 0.2) is 46.9 Å². The summed E-state index contributed by atoms with van der Waals surface area (Å²) in [6.45, 7) is 2.64. The van der Waals surface area contributed by atoms with E-state index in [1.54, 1.807) is 20.9 Å². The Balaban J connectivity index is 1.63. The van der Waals surface area contributed by atoms with Crippen molar-refractivity contribution in [3.05, 3.63) is 52.2 Å². The van der Waals surface area contributed by atoms with Gasteiger partial charge in [0.25, 0.3) is 0 Å². The number of hydrogen-bond donors (Lipinski definition) is 0. The number of nitrogens with zero attached hydrogens (tertiary/aromatic N) is 5. The summed E-state index contributed by atoms with van der Waals surface area (Å²) in [5, 5.41) is 14.4. The smallest absolute Gasteiger partial charge is 0.233 e. The van der Waals surface area contributed by atoms with Gasteiger partial charge in [-0.25, -0.2) is 0 Å². The van der Waals surface area contributed by atoms with Gasteiger partial charge in [0.05, 0.1) is 18.0 Å². The van der Waals surface area contributed by atoms with E-state index in [1.165, 1.54) is 16.6 Å². The number of rotatable bonds is 6. The first-order valence-electron chi connectivity index (χ1n) is 7.38. The van der Waals surface area contributed by atoms with E-state index in [2.05, 4.69) is 15.5 Å². The topological polar surface area (TPSA) is 63.9 Å². The van der Waals surface area contributed by atoms with Gasteiger partial charge in [0.15, 0.2) is 0 Å². The third-order valence-electron chi connectivity index (χ3n) is 3.41. The Hall–Kier alpha value is -2.19. The van der Waals surface area contributed by atoms with Gasteiger partial charge >= 0.3 is 0 Å². The van der Waals surface area contributed by atoms with Gasteiger partial charge in [-0.3, -0.25) is 4.79 Å². The van der Waals surface area contributed by atoms with E-state index in [0.717, 1.165) is 11.3 Å². The lowest BCUT2D eigenvalue weighted by molar-refractivity contribution is -0.127. The van der Waals surface area contributed by atoms with Crippen LogP contribution in [0.1, 0.15) is 10.4 Å². The molecule has 124 valence electrons. The quantitative estimate of drug-likeness (QED) is 0.633. The Labute approximate surface area is 148 Å². The molecule has 2 heterocycles. The molecule has 1 aromatic carbocycles. The van der Waals surface area contributed by atoms with Crippen LogP contribution in [0.2, 0.25) is 0 Å². The molecular formula is C16H17N5OS2. The minimum absolute atomic E-state index is 0.0483. The van der Waals surface area contributed by atoms with Gasteiger partial charge in [-0.1, -0.05) is 30.0 Å². The zero-order chi connectivity index (χ0) is 16.9. The van der Waals surface area contributed by atoms with Crippen LogP contribution >= 0.6 is 23.1 Å². The predicted molar refractivity (Wildman–Crippen MR) is 95.4 cm³/mol. The summed E-state index contributed by atoms with van der Waals surface area (Å²) >= 11 is 2.99. The van der Waals surface area contributed by atoms with Crippen LogP contribution in [0.5, 0.6) is 0 Å². The Morgan fingerprint density at radius 2 is 2.21 bits per heavy atom. The molecule has 0 fully saturated rings. The van der Waals surface area contributed by atoms with Crippen molar-refractivity contribution in [2.75, 3.05) is 12.8 Å². The van der Waals surface area contributed by atoms with Crippen LogP contribution in [0.3, 0.4) is 0 Å². The highest BCUT2D eigenvalue weighted by Gasteiger charge is 2.14. The average Bonchev–Trinajstić information content (AvgIpc) is 3.23. The number of thioether (sulfide) groups is 1. The molecule has 8 heteroatoms. The maximum absolute atomic E-state index is 12.3. The summed E-state index contributed by atoms with van der Waals surface area (Å²) in [4.78, 5) is 15.2. The zero-order valence-electron chi connectivity index (χ0n) is 13.4. The molecule has 6 nitrogen and oxygen atoms in total. The van der Waals surface area contributed by atoms with Crippen molar-refractivity contribution in [3.8, 4) is 5.69 Å². The van der Waals surface area contributed by atoms with Crippen LogP contribution in [0, 0.1) is 6.92 Å². The summed E-state index contributed by atoms with van der Waals surface area (Å²) in [5.41, 5.74) is 2.02. The Morgan fingerprint density at radius 3 is 2.96 bits per heavy atom. The Kier molecular flexibility index (Phi) is 5.27. The van der Waals surface area contributed by atoms with Crippen molar-refractivity contribution < 1.29 is 4.79 Å². The minimum Gasteiger partial charge on any atom is -0.340 e. The molecule has 1 amide bonds. The summed E-state index contributed by atoms with van der Waals surface area (Å²) in [6, 6.07) is 11.9. The van der Waals surface area contributed by atoms with E-state index in [1.807, 2.05) is 55.7 Å². The van der Waals surface area contributed by atoms with Crippen molar-refractivity contribution in [1.82, 2.24) is 25.1 Å². The SMILES string of the molecule is Cc1cccc(-n2nnnc2SCC(=O)N(C)Cc2cccs2)c1. The fourth-order valence-corrected chi connectivity index (χ4v) is 3.74. The molecule has 0 atom stereocenters. The highest BCUT2D eigenvalue weighted by molar-refractivity contribution is 7.99. The molecule has 3 rings (SSSR count). The molecule has 0 saturated carbocycles. The maximum atomic E-state index is 12.3. The number of benzene rings is 1. The molecule has 0 bridgehead atoms. The van der Waals surface area contributed by atoms with Crippen LogP contribution in [0.25, 0.3) is 5.69 Å². The number of carbonyl (C=O) groups excluding carboxylic acids is 1. The standard InChI is InChI=1S/C16H17N5OS2/c1-12-5-3-6-13(9-12)21-16(17-18-19-21)24-11-15(22)20(2)10-14-7-4-8-23-14/h3-9H,10-11H2,1-2H3. The second-order valence-electron chi connectivity index (χ2n) is 5.33. The monoisotopic (exact) mass is 359 g/mol. The summed E-state index contributed by atoms with van der Waals surface area (Å²) in [7, 11) is 1.81. The highest BCUT2D eigenvalue weighted by Crippen LogP contribution is 2.19.